The van der Waals surface area contributed by atoms with Crippen molar-refractivity contribution in [1.29, 1.82) is 0 Å². The number of carboxylic acids is 1. The van der Waals surface area contributed by atoms with E-state index in [9.17, 15) is 19.8 Å². The normalized spacial score (nSPS) is 43.2. The maximum Gasteiger partial charge on any atom is 0.310 e. The van der Waals surface area contributed by atoms with Gasteiger partial charge < -0.3 is 19.7 Å². The van der Waals surface area contributed by atoms with Crippen LogP contribution in [0.5, 0.6) is 5.75 Å². The maximum absolute atomic E-state index is 12.8. The fourth-order valence-electron chi connectivity index (χ4n) is 9.65. The Bertz CT molecular complexity index is 1020. The minimum Gasteiger partial charge on any atom is -0.497 e. The van der Waals surface area contributed by atoms with Crippen molar-refractivity contribution in [3.05, 3.63) is 29.8 Å². The average molecular weight is 499 g/mol. The van der Waals surface area contributed by atoms with E-state index >= 15 is 0 Å². The smallest absolute Gasteiger partial charge is 0.310 e. The number of esters is 1. The van der Waals surface area contributed by atoms with Gasteiger partial charge >= 0.3 is 11.9 Å². The van der Waals surface area contributed by atoms with Crippen molar-refractivity contribution in [1.82, 2.24) is 0 Å². The molecule has 198 valence electrons. The number of hydrogen-bond acceptors (Lipinski definition) is 5. The summed E-state index contributed by atoms with van der Waals surface area (Å²) in [5.41, 5.74) is -0.155. The summed E-state index contributed by atoms with van der Waals surface area (Å²) in [5.74, 6) is 0.196. The second kappa shape index (κ2) is 8.75. The molecule has 0 amide bonds. The van der Waals surface area contributed by atoms with Crippen molar-refractivity contribution in [2.45, 2.75) is 84.7 Å². The molecule has 2 bridgehead atoms. The van der Waals surface area contributed by atoms with Crippen LogP contribution < -0.4 is 4.74 Å². The van der Waals surface area contributed by atoms with Crippen molar-refractivity contribution >= 4 is 11.9 Å². The number of aliphatic hydroxyl groups is 1. The largest absolute Gasteiger partial charge is 0.497 e. The van der Waals surface area contributed by atoms with Gasteiger partial charge in [-0.3, -0.25) is 9.59 Å². The molecule has 1 spiro atoms. The van der Waals surface area contributed by atoms with Gasteiger partial charge in [-0.1, -0.05) is 32.4 Å². The van der Waals surface area contributed by atoms with Crippen LogP contribution in [0.25, 0.3) is 0 Å². The van der Waals surface area contributed by atoms with Crippen molar-refractivity contribution in [3.63, 3.8) is 0 Å². The Kier molecular flexibility index (Phi) is 6.21. The topological polar surface area (TPSA) is 93.1 Å². The fourth-order valence-corrected chi connectivity index (χ4v) is 9.65. The van der Waals surface area contributed by atoms with Crippen molar-refractivity contribution in [2.75, 3.05) is 13.7 Å². The number of fused-ring (bicyclic) bond motifs is 3. The summed E-state index contributed by atoms with van der Waals surface area (Å²) in [6, 6.07) is 7.42. The first kappa shape index (κ1) is 25.6. The molecule has 0 aliphatic heterocycles. The third-order valence-corrected chi connectivity index (χ3v) is 11.4. The van der Waals surface area contributed by atoms with E-state index in [0.717, 1.165) is 62.7 Å². The minimum absolute atomic E-state index is 0.0691. The fraction of sp³-hybridized carbons (Fsp3) is 0.733. The number of ether oxygens (including phenoxy) is 2. The van der Waals surface area contributed by atoms with E-state index in [-0.39, 0.29) is 47.1 Å². The number of carbonyl (C=O) groups excluding carboxylic acids is 1. The zero-order valence-electron chi connectivity index (χ0n) is 22.2. The van der Waals surface area contributed by atoms with Crippen molar-refractivity contribution in [2.24, 2.45) is 39.4 Å². The Balaban J connectivity index is 1.37. The first-order chi connectivity index (χ1) is 17.0. The Labute approximate surface area is 214 Å². The van der Waals surface area contributed by atoms with Gasteiger partial charge in [0.25, 0.3) is 0 Å². The number of carbonyl (C=O) groups is 2. The lowest BCUT2D eigenvalue weighted by molar-refractivity contribution is -0.191. The van der Waals surface area contributed by atoms with Crippen LogP contribution in [-0.4, -0.2) is 42.0 Å². The highest BCUT2D eigenvalue weighted by Gasteiger charge is 2.71. The van der Waals surface area contributed by atoms with E-state index in [1.165, 1.54) is 0 Å². The average Bonchev–Trinajstić information content (AvgIpc) is 2.98. The summed E-state index contributed by atoms with van der Waals surface area (Å²) in [6.45, 7) is 6.73. The highest BCUT2D eigenvalue weighted by molar-refractivity contribution is 5.75. The van der Waals surface area contributed by atoms with Gasteiger partial charge in [0, 0.05) is 5.92 Å². The molecular formula is C30H42O6. The van der Waals surface area contributed by atoms with E-state index in [1.54, 1.807) is 7.11 Å². The number of methoxy groups -OCH3 is 1. The SMILES string of the molecule is COc1ccc(CC(=O)OC[C@@H]2[C@@H](O)[C@@]3(C)CC[C@H]4[C@]5(C)CCC[C@@](C)(C(=O)O)[C@H]5CC[C@@]24C3)cc1. The lowest BCUT2D eigenvalue weighted by atomic mass is 9.39. The summed E-state index contributed by atoms with van der Waals surface area (Å²) in [5, 5.41) is 21.8. The monoisotopic (exact) mass is 498 g/mol. The number of aliphatic hydroxyl groups excluding tert-OH is 1. The van der Waals surface area contributed by atoms with Crippen LogP contribution in [0.2, 0.25) is 0 Å². The van der Waals surface area contributed by atoms with Gasteiger partial charge in [-0.05, 0) is 97.6 Å². The molecule has 0 radical (unpaired) electrons. The molecule has 5 rings (SSSR count). The molecule has 4 aliphatic carbocycles. The van der Waals surface area contributed by atoms with E-state index in [0.29, 0.717) is 5.92 Å². The van der Waals surface area contributed by atoms with Crippen molar-refractivity contribution < 1.29 is 29.3 Å². The molecule has 4 fully saturated rings. The Morgan fingerprint density at radius 3 is 2.36 bits per heavy atom. The second-order valence-electron chi connectivity index (χ2n) is 13.1. The van der Waals surface area contributed by atoms with Gasteiger partial charge in [-0.25, -0.2) is 0 Å². The summed E-state index contributed by atoms with van der Waals surface area (Å²) < 4.78 is 11.1. The number of benzene rings is 1. The minimum atomic E-state index is -0.688. The molecule has 6 heteroatoms. The maximum atomic E-state index is 12.8. The zero-order chi connectivity index (χ0) is 25.9. The molecule has 4 aliphatic rings. The quantitative estimate of drug-likeness (QED) is 0.520. The zero-order valence-corrected chi connectivity index (χ0v) is 22.2. The van der Waals surface area contributed by atoms with Crippen LogP contribution >= 0.6 is 0 Å². The van der Waals surface area contributed by atoms with Gasteiger partial charge in [0.05, 0.1) is 31.7 Å². The summed E-state index contributed by atoms with van der Waals surface area (Å²) in [6.07, 6.45) is 7.10. The highest BCUT2D eigenvalue weighted by atomic mass is 16.5. The van der Waals surface area contributed by atoms with Crippen LogP contribution in [0.4, 0.5) is 0 Å². The highest BCUT2D eigenvalue weighted by Crippen LogP contribution is 2.75. The summed E-state index contributed by atoms with van der Waals surface area (Å²) >= 11 is 0. The Morgan fingerprint density at radius 1 is 1.00 bits per heavy atom. The molecule has 36 heavy (non-hydrogen) atoms. The number of aliphatic carboxylic acids is 1. The van der Waals surface area contributed by atoms with Gasteiger partial charge in [-0.15, -0.1) is 0 Å². The second-order valence-corrected chi connectivity index (χ2v) is 13.1. The molecule has 8 atom stereocenters. The summed E-state index contributed by atoms with van der Waals surface area (Å²) in [4.78, 5) is 25.2. The molecular weight excluding hydrogens is 456 g/mol. The van der Waals surface area contributed by atoms with Crippen LogP contribution in [0.3, 0.4) is 0 Å². The lowest BCUT2D eigenvalue weighted by Crippen LogP contribution is -2.60. The predicted molar refractivity (Wildman–Crippen MR) is 135 cm³/mol. The molecule has 0 aromatic heterocycles. The molecule has 2 N–H and O–H groups in total. The molecule has 0 saturated heterocycles. The third kappa shape index (κ3) is 3.69. The number of carboxylic acid groups (broad SMARTS) is 1. The molecule has 1 aromatic carbocycles. The standard InChI is InChI=1S/C30H42O6/c1-27-14-10-23-28(2)12-5-13-29(3,26(33)34)22(28)11-15-30(23,18-27)21(25(27)32)17-36-24(31)16-19-6-8-20(35-4)9-7-19/h6-9,21-23,25,32H,5,10-18H2,1-4H3,(H,33,34)/t21-,22+,23+,25-,27+,28-,29-,30-/m1/s1. The third-order valence-electron chi connectivity index (χ3n) is 11.4. The van der Waals surface area contributed by atoms with E-state index in [1.807, 2.05) is 31.2 Å². The first-order valence-electron chi connectivity index (χ1n) is 13.7. The van der Waals surface area contributed by atoms with Crippen LogP contribution in [-0.2, 0) is 20.7 Å². The molecule has 0 unspecified atom stereocenters. The predicted octanol–water partition coefficient (Wildman–Crippen LogP) is 5.26. The van der Waals surface area contributed by atoms with Gasteiger partial charge in [0.2, 0.25) is 0 Å². The van der Waals surface area contributed by atoms with E-state index in [2.05, 4.69) is 13.8 Å². The van der Waals surface area contributed by atoms with Gasteiger partial charge in [0.1, 0.15) is 5.75 Å². The molecule has 4 saturated carbocycles. The Hall–Kier alpha value is -2.08. The van der Waals surface area contributed by atoms with Crippen LogP contribution in [0.1, 0.15) is 77.7 Å². The van der Waals surface area contributed by atoms with Gasteiger partial charge in [-0.2, -0.15) is 0 Å². The number of rotatable bonds is 6. The lowest BCUT2D eigenvalue weighted by Gasteiger charge is -2.64. The molecule has 6 nitrogen and oxygen atoms in total. The summed E-state index contributed by atoms with van der Waals surface area (Å²) in [7, 11) is 1.61. The molecule has 0 heterocycles. The molecule has 1 aromatic rings. The van der Waals surface area contributed by atoms with Crippen molar-refractivity contribution in [3.8, 4) is 5.75 Å². The Morgan fingerprint density at radius 2 is 1.69 bits per heavy atom. The van der Waals surface area contributed by atoms with Crippen LogP contribution in [0.15, 0.2) is 24.3 Å². The first-order valence-corrected chi connectivity index (χ1v) is 13.7. The van der Waals surface area contributed by atoms with Crippen LogP contribution in [0, 0.1) is 39.4 Å². The van der Waals surface area contributed by atoms with Gasteiger partial charge in [0.15, 0.2) is 0 Å². The number of hydrogen-bond donors (Lipinski definition) is 2. The van der Waals surface area contributed by atoms with E-state index in [4.69, 9.17) is 9.47 Å². The van der Waals surface area contributed by atoms with E-state index < -0.39 is 17.5 Å².